The molecule has 1 spiro atoms. The van der Waals surface area contributed by atoms with Crippen LogP contribution in [0, 0.1) is 0 Å². The van der Waals surface area contributed by atoms with E-state index in [9.17, 15) is 9.59 Å². The second-order valence-corrected chi connectivity index (χ2v) is 8.31. The number of methoxy groups -OCH3 is 2. The number of rotatable bonds is 5. The Morgan fingerprint density at radius 3 is 2.69 bits per heavy atom. The zero-order chi connectivity index (χ0) is 20.4. The molecule has 1 fully saturated rings. The van der Waals surface area contributed by atoms with E-state index in [4.69, 9.17) is 14.2 Å². The lowest BCUT2D eigenvalue weighted by molar-refractivity contribution is -0.0973. The van der Waals surface area contributed by atoms with E-state index < -0.39 is 11.9 Å². The van der Waals surface area contributed by atoms with Crippen LogP contribution < -0.4 is 0 Å². The molecule has 0 bridgehead atoms. The first-order valence-electron chi connectivity index (χ1n) is 9.74. The van der Waals surface area contributed by atoms with E-state index in [1.54, 1.807) is 0 Å². The molecule has 2 aliphatic heterocycles. The van der Waals surface area contributed by atoms with E-state index in [0.717, 1.165) is 45.5 Å². The van der Waals surface area contributed by atoms with Gasteiger partial charge in [0.2, 0.25) is 0 Å². The molecule has 4 heterocycles. The van der Waals surface area contributed by atoms with Gasteiger partial charge in [-0.2, -0.15) is 5.10 Å². The van der Waals surface area contributed by atoms with E-state index >= 15 is 0 Å². The van der Waals surface area contributed by atoms with E-state index in [1.165, 1.54) is 35.4 Å². The van der Waals surface area contributed by atoms with Crippen molar-refractivity contribution < 1.29 is 23.8 Å². The summed E-state index contributed by atoms with van der Waals surface area (Å²) >= 11 is 1.83. The van der Waals surface area contributed by atoms with Crippen molar-refractivity contribution in [3.63, 3.8) is 0 Å². The Bertz CT molecular complexity index is 898. The summed E-state index contributed by atoms with van der Waals surface area (Å²) in [7, 11) is 2.60. The number of hydrogen-bond acceptors (Lipinski definition) is 8. The number of carbonyl (C=O) groups excluding carboxylic acids is 2. The van der Waals surface area contributed by atoms with Crippen LogP contribution in [0.2, 0.25) is 0 Å². The van der Waals surface area contributed by atoms with Gasteiger partial charge < -0.3 is 19.1 Å². The summed E-state index contributed by atoms with van der Waals surface area (Å²) in [5, 5.41) is 6.40. The highest BCUT2D eigenvalue weighted by Gasteiger charge is 2.41. The van der Waals surface area contributed by atoms with Crippen LogP contribution in [-0.4, -0.2) is 67.1 Å². The zero-order valence-corrected chi connectivity index (χ0v) is 17.5. The van der Waals surface area contributed by atoms with Crippen LogP contribution in [-0.2, 0) is 32.8 Å². The number of thiophene rings is 1. The Labute approximate surface area is 173 Å². The van der Waals surface area contributed by atoms with Gasteiger partial charge in [0.25, 0.3) is 0 Å². The number of nitrogens with zero attached hydrogens (tertiary/aromatic N) is 3. The van der Waals surface area contributed by atoms with Crippen LogP contribution >= 0.6 is 11.3 Å². The quantitative estimate of drug-likeness (QED) is 0.686. The highest BCUT2D eigenvalue weighted by atomic mass is 32.1. The summed E-state index contributed by atoms with van der Waals surface area (Å²) in [4.78, 5) is 27.6. The highest BCUT2D eigenvalue weighted by Crippen LogP contribution is 2.43. The lowest BCUT2D eigenvalue weighted by Gasteiger charge is -2.44. The second kappa shape index (κ2) is 8.25. The first-order valence-corrected chi connectivity index (χ1v) is 10.6. The monoisotopic (exact) mass is 419 g/mol. The minimum absolute atomic E-state index is 0.103. The standard InChI is InChI=1S/C20H25N3O5S/c1-26-18(24)15-13-16(19(25)27-2)23(21-15)10-9-22-7-5-20(6-8-22)14-4-12-29-17(14)3-11-28-20/h4,12-13H,3,5-11H2,1-2H3. The maximum absolute atomic E-state index is 12.0. The smallest absolute Gasteiger partial charge is 0.358 e. The molecule has 29 heavy (non-hydrogen) atoms. The lowest BCUT2D eigenvalue weighted by atomic mass is 9.82. The van der Waals surface area contributed by atoms with Gasteiger partial charge in [0.15, 0.2) is 5.69 Å². The Kier molecular flexibility index (Phi) is 5.71. The third-order valence-corrected chi connectivity index (χ3v) is 6.79. The van der Waals surface area contributed by atoms with Crippen molar-refractivity contribution in [3.8, 4) is 0 Å². The van der Waals surface area contributed by atoms with Crippen molar-refractivity contribution in [1.29, 1.82) is 0 Å². The molecule has 0 unspecified atom stereocenters. The molecule has 0 atom stereocenters. The van der Waals surface area contributed by atoms with Crippen molar-refractivity contribution in [3.05, 3.63) is 39.3 Å². The van der Waals surface area contributed by atoms with E-state index in [0.29, 0.717) is 6.54 Å². The van der Waals surface area contributed by atoms with Gasteiger partial charge in [-0.3, -0.25) is 4.68 Å². The first-order chi connectivity index (χ1) is 14.1. The molecule has 8 nitrogen and oxygen atoms in total. The van der Waals surface area contributed by atoms with E-state index in [2.05, 4.69) is 21.4 Å². The first kappa shape index (κ1) is 20.1. The molecule has 0 amide bonds. The van der Waals surface area contributed by atoms with Crippen LogP contribution in [0.3, 0.4) is 0 Å². The molecule has 0 aliphatic carbocycles. The van der Waals surface area contributed by atoms with Gasteiger partial charge in [0, 0.05) is 37.0 Å². The average Bonchev–Trinajstić information content (AvgIpc) is 3.40. The Morgan fingerprint density at radius 1 is 1.21 bits per heavy atom. The van der Waals surface area contributed by atoms with Crippen LogP contribution in [0.4, 0.5) is 0 Å². The maximum Gasteiger partial charge on any atom is 0.358 e. The van der Waals surface area contributed by atoms with Gasteiger partial charge in [0.1, 0.15) is 5.69 Å². The normalized spacial score (nSPS) is 18.4. The molecular formula is C20H25N3O5S. The van der Waals surface area contributed by atoms with Crippen molar-refractivity contribution >= 4 is 23.3 Å². The van der Waals surface area contributed by atoms with Gasteiger partial charge in [-0.05, 0) is 29.9 Å². The zero-order valence-electron chi connectivity index (χ0n) is 16.7. The summed E-state index contributed by atoms with van der Waals surface area (Å²) in [6, 6.07) is 3.63. The van der Waals surface area contributed by atoms with Gasteiger partial charge in [-0.15, -0.1) is 11.3 Å². The molecule has 0 saturated carbocycles. The van der Waals surface area contributed by atoms with Gasteiger partial charge in [0.05, 0.1) is 33.0 Å². The number of likely N-dealkylation sites (tertiary alicyclic amines) is 1. The summed E-state index contributed by atoms with van der Waals surface area (Å²) in [6.45, 7) is 3.82. The summed E-state index contributed by atoms with van der Waals surface area (Å²) in [5.74, 6) is -1.10. The molecular weight excluding hydrogens is 394 g/mol. The minimum Gasteiger partial charge on any atom is -0.464 e. The number of carbonyl (C=O) groups is 2. The van der Waals surface area contributed by atoms with Crippen molar-refractivity contribution in [2.24, 2.45) is 0 Å². The molecule has 2 aromatic heterocycles. The molecule has 9 heteroatoms. The fourth-order valence-corrected chi connectivity index (χ4v) is 5.16. The predicted molar refractivity (Wildman–Crippen MR) is 106 cm³/mol. The number of hydrogen-bond donors (Lipinski definition) is 0. The number of esters is 2. The average molecular weight is 420 g/mol. The maximum atomic E-state index is 12.0. The number of ether oxygens (including phenoxy) is 3. The molecule has 4 rings (SSSR count). The number of aromatic nitrogens is 2. The minimum atomic E-state index is -0.574. The largest absolute Gasteiger partial charge is 0.464 e. The van der Waals surface area contributed by atoms with E-state index in [-0.39, 0.29) is 17.0 Å². The van der Waals surface area contributed by atoms with Crippen LogP contribution in [0.5, 0.6) is 0 Å². The van der Waals surface area contributed by atoms with Crippen LogP contribution in [0.15, 0.2) is 17.5 Å². The van der Waals surface area contributed by atoms with Crippen LogP contribution in [0.25, 0.3) is 0 Å². The van der Waals surface area contributed by atoms with Crippen molar-refractivity contribution in [1.82, 2.24) is 14.7 Å². The third-order valence-electron chi connectivity index (χ3n) is 5.80. The summed E-state index contributed by atoms with van der Waals surface area (Å²) < 4.78 is 17.3. The topological polar surface area (TPSA) is 82.9 Å². The van der Waals surface area contributed by atoms with Gasteiger partial charge in [-0.25, -0.2) is 9.59 Å². The molecule has 0 N–H and O–H groups in total. The summed E-state index contributed by atoms with van der Waals surface area (Å²) in [5.41, 5.74) is 1.58. The second-order valence-electron chi connectivity index (χ2n) is 7.31. The van der Waals surface area contributed by atoms with Crippen molar-refractivity contribution in [2.75, 3.05) is 40.5 Å². The van der Waals surface area contributed by atoms with Crippen molar-refractivity contribution in [2.45, 2.75) is 31.4 Å². The molecule has 2 aliphatic rings. The molecule has 0 radical (unpaired) electrons. The number of piperidine rings is 1. The molecule has 1 saturated heterocycles. The fourth-order valence-electron chi connectivity index (χ4n) is 4.21. The Hall–Kier alpha value is -2.23. The lowest BCUT2D eigenvalue weighted by Crippen LogP contribution is -2.46. The third kappa shape index (κ3) is 3.82. The summed E-state index contributed by atoms with van der Waals surface area (Å²) in [6.07, 6.45) is 2.91. The molecule has 2 aromatic rings. The fraction of sp³-hybridized carbons (Fsp3) is 0.550. The van der Waals surface area contributed by atoms with E-state index in [1.807, 2.05) is 11.3 Å². The Morgan fingerprint density at radius 2 is 1.97 bits per heavy atom. The highest BCUT2D eigenvalue weighted by molar-refractivity contribution is 7.10. The number of fused-ring (bicyclic) bond motifs is 2. The predicted octanol–water partition coefficient (Wildman–Crippen LogP) is 2.08. The van der Waals surface area contributed by atoms with Crippen LogP contribution in [0.1, 0.15) is 44.3 Å². The Balaban J connectivity index is 1.41. The van der Waals surface area contributed by atoms with Gasteiger partial charge in [-0.1, -0.05) is 0 Å². The molecule has 0 aromatic carbocycles. The SMILES string of the molecule is COC(=O)c1cc(C(=O)OC)n(CCN2CCC3(CC2)OCCc2sccc23)n1. The molecule has 156 valence electrons. The van der Waals surface area contributed by atoms with Gasteiger partial charge >= 0.3 is 11.9 Å².